The van der Waals surface area contributed by atoms with Crippen molar-refractivity contribution in [3.05, 3.63) is 28.8 Å². The Hall–Kier alpha value is -1.55. The van der Waals surface area contributed by atoms with Crippen molar-refractivity contribution in [2.24, 2.45) is 0 Å². The minimum absolute atomic E-state index is 0.0928. The summed E-state index contributed by atoms with van der Waals surface area (Å²) in [5, 5.41) is 19.5. The van der Waals surface area contributed by atoms with E-state index in [9.17, 15) is 15.0 Å². The molecule has 0 saturated carbocycles. The summed E-state index contributed by atoms with van der Waals surface area (Å²) in [5.41, 5.74) is 2.10. The van der Waals surface area contributed by atoms with Crippen LogP contribution in [-0.2, 0) is 9.53 Å². The Morgan fingerprint density at radius 2 is 1.88 bits per heavy atom. The molecule has 0 amide bonds. The molecule has 4 nitrogen and oxygen atoms in total. The van der Waals surface area contributed by atoms with Gasteiger partial charge >= 0.3 is 5.97 Å². The summed E-state index contributed by atoms with van der Waals surface area (Å²) in [7, 11) is 1.19. The third kappa shape index (κ3) is 2.77. The summed E-state index contributed by atoms with van der Waals surface area (Å²) in [6.07, 6.45) is -1.45. The molecule has 17 heavy (non-hydrogen) atoms. The zero-order chi connectivity index (χ0) is 13.2. The summed E-state index contributed by atoms with van der Waals surface area (Å²) in [4.78, 5) is 11.2. The van der Waals surface area contributed by atoms with Gasteiger partial charge in [0, 0.05) is 5.56 Å². The maximum absolute atomic E-state index is 11.2. The first kappa shape index (κ1) is 13.5. The van der Waals surface area contributed by atoms with E-state index < -0.39 is 12.1 Å². The van der Waals surface area contributed by atoms with Crippen LogP contribution in [0.15, 0.2) is 12.1 Å². The number of methoxy groups -OCH3 is 1. The van der Waals surface area contributed by atoms with E-state index in [0.29, 0.717) is 0 Å². The molecule has 4 heteroatoms. The fourth-order valence-corrected chi connectivity index (χ4v) is 1.81. The summed E-state index contributed by atoms with van der Waals surface area (Å²) >= 11 is 0. The number of phenolic OH excluding ortho intramolecular Hbond substituents is 1. The summed E-state index contributed by atoms with van der Waals surface area (Å²) < 4.78 is 4.45. The molecule has 1 aromatic rings. The van der Waals surface area contributed by atoms with Crippen LogP contribution in [-0.4, -0.2) is 23.3 Å². The van der Waals surface area contributed by atoms with E-state index in [1.807, 2.05) is 20.8 Å². The van der Waals surface area contributed by atoms with E-state index in [0.717, 1.165) is 11.1 Å². The Morgan fingerprint density at radius 3 is 2.35 bits per heavy atom. The molecule has 1 atom stereocenters. The number of hydrogen-bond donors (Lipinski definition) is 2. The maximum atomic E-state index is 11.2. The molecule has 94 valence electrons. The Labute approximate surface area is 101 Å². The smallest absolute Gasteiger partial charge is 0.339 e. The van der Waals surface area contributed by atoms with Crippen molar-refractivity contribution in [1.82, 2.24) is 0 Å². The Morgan fingerprint density at radius 1 is 1.29 bits per heavy atom. The lowest BCUT2D eigenvalue weighted by Gasteiger charge is -2.16. The summed E-state index contributed by atoms with van der Waals surface area (Å²) in [6, 6.07) is 3.20. The van der Waals surface area contributed by atoms with Crippen LogP contribution in [0.3, 0.4) is 0 Å². The van der Waals surface area contributed by atoms with Gasteiger partial charge in [-0.25, -0.2) is 4.79 Å². The largest absolute Gasteiger partial charge is 0.508 e. The number of carbonyl (C=O) groups excluding carboxylic acids is 1. The van der Waals surface area contributed by atoms with E-state index in [4.69, 9.17) is 0 Å². The minimum Gasteiger partial charge on any atom is -0.508 e. The number of aliphatic hydroxyl groups is 1. The van der Waals surface area contributed by atoms with Crippen molar-refractivity contribution < 1.29 is 19.7 Å². The topological polar surface area (TPSA) is 66.8 Å². The first-order valence-electron chi connectivity index (χ1n) is 5.47. The van der Waals surface area contributed by atoms with Crippen molar-refractivity contribution in [2.45, 2.75) is 32.8 Å². The number of carbonyl (C=O) groups is 1. The van der Waals surface area contributed by atoms with Gasteiger partial charge in [0.25, 0.3) is 0 Å². The average molecular weight is 238 g/mol. The minimum atomic E-state index is -1.45. The highest BCUT2D eigenvalue weighted by Gasteiger charge is 2.22. The van der Waals surface area contributed by atoms with E-state index >= 15 is 0 Å². The summed E-state index contributed by atoms with van der Waals surface area (Å²) in [5.74, 6) is -0.622. The number of aryl methyl sites for hydroxylation is 1. The van der Waals surface area contributed by atoms with E-state index in [1.54, 1.807) is 12.1 Å². The molecule has 0 aromatic heterocycles. The molecule has 2 N–H and O–H groups in total. The van der Waals surface area contributed by atoms with Crippen LogP contribution in [0, 0.1) is 6.92 Å². The molecule has 0 radical (unpaired) electrons. The lowest BCUT2D eigenvalue weighted by Crippen LogP contribution is -2.14. The van der Waals surface area contributed by atoms with Crippen LogP contribution in [0.25, 0.3) is 0 Å². The number of hydrogen-bond acceptors (Lipinski definition) is 4. The van der Waals surface area contributed by atoms with Crippen molar-refractivity contribution in [3.8, 4) is 5.75 Å². The van der Waals surface area contributed by atoms with Crippen molar-refractivity contribution in [2.75, 3.05) is 7.11 Å². The van der Waals surface area contributed by atoms with Gasteiger partial charge in [-0.15, -0.1) is 0 Å². The van der Waals surface area contributed by atoms with Crippen LogP contribution in [0.5, 0.6) is 5.75 Å². The predicted octanol–water partition coefficient (Wildman–Crippen LogP) is 2.03. The molecule has 1 rings (SSSR count). The van der Waals surface area contributed by atoms with Gasteiger partial charge in [0.1, 0.15) is 5.75 Å². The van der Waals surface area contributed by atoms with E-state index in [-0.39, 0.29) is 17.2 Å². The van der Waals surface area contributed by atoms with Crippen molar-refractivity contribution in [1.29, 1.82) is 0 Å². The van der Waals surface area contributed by atoms with Gasteiger partial charge in [0.2, 0.25) is 0 Å². The van der Waals surface area contributed by atoms with Crippen LogP contribution < -0.4 is 0 Å². The molecule has 0 aliphatic rings. The molecule has 1 unspecified atom stereocenters. The number of ether oxygens (including phenoxy) is 1. The molecular weight excluding hydrogens is 220 g/mol. The van der Waals surface area contributed by atoms with Crippen molar-refractivity contribution in [3.63, 3.8) is 0 Å². The Bertz CT molecular complexity index is 424. The van der Waals surface area contributed by atoms with Gasteiger partial charge in [-0.3, -0.25) is 0 Å². The number of aromatic hydroxyl groups is 1. The molecule has 0 fully saturated rings. The van der Waals surface area contributed by atoms with Gasteiger partial charge in [-0.2, -0.15) is 0 Å². The van der Waals surface area contributed by atoms with Crippen LogP contribution in [0.1, 0.15) is 42.6 Å². The fourth-order valence-electron chi connectivity index (χ4n) is 1.81. The quantitative estimate of drug-likeness (QED) is 0.791. The van der Waals surface area contributed by atoms with Crippen molar-refractivity contribution >= 4 is 5.97 Å². The number of esters is 1. The normalized spacial score (nSPS) is 12.6. The Kier molecular flexibility index (Phi) is 4.12. The van der Waals surface area contributed by atoms with Gasteiger partial charge in [-0.05, 0) is 36.1 Å². The van der Waals surface area contributed by atoms with Gasteiger partial charge < -0.3 is 14.9 Å². The second kappa shape index (κ2) is 5.19. The molecule has 0 bridgehead atoms. The van der Waals surface area contributed by atoms with E-state index in [2.05, 4.69) is 4.74 Å². The molecule has 1 aromatic carbocycles. The third-order valence-corrected chi connectivity index (χ3v) is 2.76. The Balaban J connectivity index is 3.24. The molecule has 0 aliphatic carbocycles. The highest BCUT2D eigenvalue weighted by molar-refractivity contribution is 5.77. The number of rotatable bonds is 3. The van der Waals surface area contributed by atoms with Gasteiger partial charge in [0.15, 0.2) is 6.10 Å². The third-order valence-electron chi connectivity index (χ3n) is 2.76. The SMILES string of the molecule is COC(=O)C(O)c1cc(C(C)C)c(C)cc1O. The number of aliphatic hydroxyl groups excluding tert-OH is 1. The number of benzene rings is 1. The summed E-state index contributed by atoms with van der Waals surface area (Å²) in [6.45, 7) is 5.89. The number of phenols is 1. The highest BCUT2D eigenvalue weighted by Crippen LogP contribution is 2.31. The highest BCUT2D eigenvalue weighted by atomic mass is 16.5. The monoisotopic (exact) mass is 238 g/mol. The van der Waals surface area contributed by atoms with Gasteiger partial charge in [-0.1, -0.05) is 13.8 Å². The molecular formula is C13H18O4. The predicted molar refractivity (Wildman–Crippen MR) is 63.9 cm³/mol. The molecule has 0 heterocycles. The second-order valence-corrected chi connectivity index (χ2v) is 4.35. The van der Waals surface area contributed by atoms with Crippen LogP contribution in [0.4, 0.5) is 0 Å². The lowest BCUT2D eigenvalue weighted by atomic mass is 9.93. The van der Waals surface area contributed by atoms with Crippen LogP contribution in [0.2, 0.25) is 0 Å². The van der Waals surface area contributed by atoms with E-state index in [1.165, 1.54) is 7.11 Å². The standard InChI is InChI=1S/C13H18O4/c1-7(2)9-6-10(11(14)5-8(9)3)12(15)13(16)17-4/h5-7,12,14-15H,1-4H3. The molecule has 0 saturated heterocycles. The molecule has 0 spiro atoms. The first-order chi connectivity index (χ1) is 7.88. The van der Waals surface area contributed by atoms with Gasteiger partial charge in [0.05, 0.1) is 7.11 Å². The lowest BCUT2D eigenvalue weighted by molar-refractivity contribution is -0.150. The maximum Gasteiger partial charge on any atom is 0.339 e. The zero-order valence-corrected chi connectivity index (χ0v) is 10.5. The molecule has 0 aliphatic heterocycles. The fraction of sp³-hybridized carbons (Fsp3) is 0.462. The van der Waals surface area contributed by atoms with Crippen LogP contribution >= 0.6 is 0 Å². The average Bonchev–Trinajstić information content (AvgIpc) is 2.26. The zero-order valence-electron chi connectivity index (χ0n) is 10.5. The second-order valence-electron chi connectivity index (χ2n) is 4.35. The first-order valence-corrected chi connectivity index (χ1v) is 5.47.